The van der Waals surface area contributed by atoms with Gasteiger partial charge >= 0.3 is 6.03 Å². The van der Waals surface area contributed by atoms with Crippen molar-refractivity contribution in [3.63, 3.8) is 0 Å². The van der Waals surface area contributed by atoms with Gasteiger partial charge in [0.2, 0.25) is 0 Å². The van der Waals surface area contributed by atoms with Gasteiger partial charge in [0.15, 0.2) is 0 Å². The van der Waals surface area contributed by atoms with Crippen LogP contribution in [0.25, 0.3) is 0 Å². The van der Waals surface area contributed by atoms with Crippen LogP contribution in [-0.4, -0.2) is 34.7 Å². The summed E-state index contributed by atoms with van der Waals surface area (Å²) in [6, 6.07) is 5.91. The van der Waals surface area contributed by atoms with Gasteiger partial charge in [-0.1, -0.05) is 18.2 Å². The van der Waals surface area contributed by atoms with Gasteiger partial charge in [0.05, 0.1) is 18.2 Å². The first kappa shape index (κ1) is 17.5. The first-order valence-electron chi connectivity index (χ1n) is 7.49. The summed E-state index contributed by atoms with van der Waals surface area (Å²) in [7, 11) is 0. The molecule has 1 rings (SSSR count). The molecule has 118 valence electrons. The summed E-state index contributed by atoms with van der Waals surface area (Å²) in [5, 5.41) is 12.9. The molecule has 0 radical (unpaired) electrons. The molecule has 2 N–H and O–H groups in total. The molecule has 21 heavy (non-hydrogen) atoms. The lowest BCUT2D eigenvalue weighted by Gasteiger charge is -2.30. The van der Waals surface area contributed by atoms with Crippen molar-refractivity contribution in [1.29, 1.82) is 0 Å². The normalized spacial score (nSPS) is 12.9. The lowest BCUT2D eigenvalue weighted by molar-refractivity contribution is 0.0476. The maximum atomic E-state index is 12.3. The van der Waals surface area contributed by atoms with Crippen LogP contribution in [0.1, 0.15) is 50.4 Å². The first-order valence-corrected chi connectivity index (χ1v) is 7.49. The van der Waals surface area contributed by atoms with Crippen LogP contribution in [0, 0.1) is 13.8 Å². The quantitative estimate of drug-likeness (QED) is 0.876. The van der Waals surface area contributed by atoms with Gasteiger partial charge in [-0.15, -0.1) is 0 Å². The van der Waals surface area contributed by atoms with E-state index < -0.39 is 5.60 Å². The van der Waals surface area contributed by atoms with Gasteiger partial charge < -0.3 is 15.3 Å². The van der Waals surface area contributed by atoms with Crippen molar-refractivity contribution in [1.82, 2.24) is 10.2 Å². The van der Waals surface area contributed by atoms with Crippen molar-refractivity contribution in [2.24, 2.45) is 0 Å². The molecule has 1 unspecified atom stereocenters. The van der Waals surface area contributed by atoms with Crippen LogP contribution in [0.5, 0.6) is 0 Å². The van der Waals surface area contributed by atoms with Gasteiger partial charge in [-0.05, 0) is 58.2 Å². The molecule has 0 saturated carbocycles. The van der Waals surface area contributed by atoms with Crippen molar-refractivity contribution in [2.75, 3.05) is 13.1 Å². The number of hydrogen-bond donors (Lipinski definition) is 2. The Balaban J connectivity index is 2.79. The zero-order chi connectivity index (χ0) is 16.2. The Hall–Kier alpha value is -1.55. The van der Waals surface area contributed by atoms with Crippen LogP contribution >= 0.6 is 0 Å². The van der Waals surface area contributed by atoms with Crippen molar-refractivity contribution >= 4 is 6.03 Å². The van der Waals surface area contributed by atoms with Gasteiger partial charge in [0.25, 0.3) is 0 Å². The Morgan fingerprint density at radius 1 is 1.38 bits per heavy atom. The number of carbonyl (C=O) groups excluding carboxylic acids is 1. The maximum Gasteiger partial charge on any atom is 0.317 e. The number of aryl methyl sites for hydroxylation is 1. The maximum absolute atomic E-state index is 12.3. The number of aliphatic hydroxyl groups is 1. The molecule has 0 aliphatic rings. The van der Waals surface area contributed by atoms with E-state index in [4.69, 9.17) is 0 Å². The Labute approximate surface area is 128 Å². The third-order valence-electron chi connectivity index (χ3n) is 3.70. The molecule has 0 aliphatic carbocycles. The molecule has 0 aliphatic heterocycles. The summed E-state index contributed by atoms with van der Waals surface area (Å²) < 4.78 is 0. The minimum atomic E-state index is -0.893. The second-order valence-corrected chi connectivity index (χ2v) is 6.29. The fourth-order valence-electron chi connectivity index (χ4n) is 2.39. The van der Waals surface area contributed by atoms with Crippen LogP contribution < -0.4 is 5.32 Å². The number of rotatable bonds is 5. The summed E-state index contributed by atoms with van der Waals surface area (Å²) >= 11 is 0. The highest BCUT2D eigenvalue weighted by Gasteiger charge is 2.22. The van der Waals surface area contributed by atoms with Gasteiger partial charge in [0.1, 0.15) is 0 Å². The van der Waals surface area contributed by atoms with Crippen molar-refractivity contribution in [3.8, 4) is 0 Å². The Morgan fingerprint density at radius 3 is 2.52 bits per heavy atom. The molecule has 2 amide bonds. The molecular formula is C17H28N2O2. The molecule has 4 heteroatoms. The lowest BCUT2D eigenvalue weighted by atomic mass is 9.98. The molecule has 0 fully saturated rings. The minimum Gasteiger partial charge on any atom is -0.389 e. The average molecular weight is 292 g/mol. The van der Waals surface area contributed by atoms with Crippen molar-refractivity contribution < 1.29 is 9.90 Å². The van der Waals surface area contributed by atoms with Gasteiger partial charge in [-0.3, -0.25) is 0 Å². The Kier molecular flexibility index (Phi) is 5.78. The largest absolute Gasteiger partial charge is 0.389 e. The summed E-state index contributed by atoms with van der Waals surface area (Å²) in [5.41, 5.74) is 2.66. The zero-order valence-corrected chi connectivity index (χ0v) is 14.0. The fraction of sp³-hybridized carbons (Fsp3) is 0.588. The molecule has 0 aromatic heterocycles. The van der Waals surface area contributed by atoms with E-state index in [9.17, 15) is 9.90 Å². The molecule has 4 nitrogen and oxygen atoms in total. The summed E-state index contributed by atoms with van der Waals surface area (Å²) in [4.78, 5) is 14.0. The highest BCUT2D eigenvalue weighted by Crippen LogP contribution is 2.20. The lowest BCUT2D eigenvalue weighted by Crippen LogP contribution is -2.47. The summed E-state index contributed by atoms with van der Waals surface area (Å²) in [5.74, 6) is 0. The fourth-order valence-corrected chi connectivity index (χ4v) is 2.39. The van der Waals surface area contributed by atoms with Crippen LogP contribution in [0.2, 0.25) is 0 Å². The molecule has 1 atom stereocenters. The predicted molar refractivity (Wildman–Crippen MR) is 86.4 cm³/mol. The van der Waals surface area contributed by atoms with Crippen molar-refractivity contribution in [3.05, 3.63) is 34.9 Å². The smallest absolute Gasteiger partial charge is 0.317 e. The van der Waals surface area contributed by atoms with Gasteiger partial charge in [0, 0.05) is 6.54 Å². The highest BCUT2D eigenvalue weighted by atomic mass is 16.3. The molecule has 1 aromatic carbocycles. The number of hydrogen-bond acceptors (Lipinski definition) is 2. The zero-order valence-electron chi connectivity index (χ0n) is 14.0. The number of benzene rings is 1. The van der Waals surface area contributed by atoms with Crippen LogP contribution in [0.4, 0.5) is 4.79 Å². The molecule has 0 bridgehead atoms. The number of urea groups is 1. The standard InChI is InChI=1S/C17H28N2O2/c1-7-19(11-17(5,6)21)16(20)18-14(4)15-10-8-9-12(2)13(15)3/h8-10,14,21H,7,11H2,1-6H3,(H,18,20). The van der Waals surface area contributed by atoms with E-state index >= 15 is 0 Å². The minimum absolute atomic E-state index is 0.0618. The summed E-state index contributed by atoms with van der Waals surface area (Å²) in [6.07, 6.45) is 0. The van der Waals surface area contributed by atoms with Gasteiger partial charge in [-0.25, -0.2) is 4.79 Å². The van der Waals surface area contributed by atoms with E-state index in [1.165, 1.54) is 11.1 Å². The SMILES string of the molecule is CCN(CC(C)(C)O)C(=O)NC(C)c1cccc(C)c1C. The van der Waals surface area contributed by atoms with Crippen molar-refractivity contribution in [2.45, 2.75) is 53.2 Å². The van der Waals surface area contributed by atoms with E-state index in [2.05, 4.69) is 25.2 Å². The Morgan fingerprint density at radius 2 is 2.00 bits per heavy atom. The second kappa shape index (κ2) is 6.94. The summed E-state index contributed by atoms with van der Waals surface area (Å²) in [6.45, 7) is 12.3. The molecule has 0 saturated heterocycles. The predicted octanol–water partition coefficient (Wildman–Crippen LogP) is 3.17. The third kappa shape index (κ3) is 5.05. The topological polar surface area (TPSA) is 52.6 Å². The van der Waals surface area contributed by atoms with Crippen LogP contribution in [0.15, 0.2) is 18.2 Å². The van der Waals surface area contributed by atoms with E-state index in [-0.39, 0.29) is 12.1 Å². The second-order valence-electron chi connectivity index (χ2n) is 6.29. The molecular weight excluding hydrogens is 264 g/mol. The molecule has 0 spiro atoms. The number of carbonyl (C=O) groups is 1. The van der Waals surface area contributed by atoms with Gasteiger partial charge in [-0.2, -0.15) is 0 Å². The monoisotopic (exact) mass is 292 g/mol. The van der Waals surface area contributed by atoms with Crippen LogP contribution in [-0.2, 0) is 0 Å². The van der Waals surface area contributed by atoms with Crippen LogP contribution in [0.3, 0.4) is 0 Å². The number of nitrogens with one attached hydrogen (secondary N) is 1. The molecule has 1 aromatic rings. The van der Waals surface area contributed by atoms with E-state index in [0.29, 0.717) is 13.1 Å². The first-order chi connectivity index (χ1) is 9.65. The van der Waals surface area contributed by atoms with E-state index in [0.717, 1.165) is 5.56 Å². The number of amides is 2. The van der Waals surface area contributed by atoms with E-state index in [1.807, 2.05) is 26.0 Å². The van der Waals surface area contributed by atoms with E-state index in [1.54, 1.807) is 18.7 Å². The third-order valence-corrected chi connectivity index (χ3v) is 3.70. The number of nitrogens with zero attached hydrogens (tertiary/aromatic N) is 1. The molecule has 0 heterocycles. The average Bonchev–Trinajstić information content (AvgIpc) is 2.37. The Bertz CT molecular complexity index is 492. The number of likely N-dealkylation sites (N-methyl/N-ethyl adjacent to an activating group) is 1. The highest BCUT2D eigenvalue weighted by molar-refractivity contribution is 5.74.